The summed E-state index contributed by atoms with van der Waals surface area (Å²) in [5.74, 6) is 0. The van der Waals surface area contributed by atoms with Crippen molar-refractivity contribution < 1.29 is 16.8 Å². The molecule has 0 aliphatic heterocycles. The van der Waals surface area contributed by atoms with Crippen LogP contribution in [0, 0.1) is 0 Å². The molecule has 0 unspecified atom stereocenters. The van der Waals surface area contributed by atoms with Crippen LogP contribution >= 0.6 is 0 Å². The van der Waals surface area contributed by atoms with E-state index in [1.165, 1.54) is 12.4 Å². The second kappa shape index (κ2) is 3.86. The molecule has 1 aromatic carbocycles. The van der Waals surface area contributed by atoms with E-state index in [-0.39, 0.29) is 0 Å². The fourth-order valence-electron chi connectivity index (χ4n) is 2.30. The Morgan fingerprint density at radius 1 is 0.750 bits per heavy atom. The second-order valence-corrected chi connectivity index (χ2v) is 8.44. The monoisotopic (exact) mass is 312 g/mol. The Bertz CT molecular complexity index is 958. The largest absolute Gasteiger partial charge is 0.245 e. The summed E-state index contributed by atoms with van der Waals surface area (Å²) in [4.78, 5) is 0. The minimum Gasteiger partial charge on any atom is -0.245 e. The first-order chi connectivity index (χ1) is 9.18. The molecule has 0 spiro atoms. The number of nitrogens with zero attached hydrogens (tertiary/aromatic N) is 2. The third-order valence-corrected chi connectivity index (χ3v) is 5.21. The molecule has 0 atom stereocenters. The van der Waals surface area contributed by atoms with E-state index in [1.54, 1.807) is 24.3 Å². The molecule has 0 saturated heterocycles. The lowest BCUT2D eigenvalue weighted by molar-refractivity contribution is 0.593. The zero-order valence-electron chi connectivity index (χ0n) is 10.8. The Kier molecular flexibility index (Phi) is 2.55. The molecule has 0 radical (unpaired) electrons. The number of fused-ring (bicyclic) bond motifs is 2. The van der Waals surface area contributed by atoms with Gasteiger partial charge >= 0.3 is 0 Å². The van der Waals surface area contributed by atoms with Crippen LogP contribution in [0.25, 0.3) is 21.8 Å². The summed E-state index contributed by atoms with van der Waals surface area (Å²) in [7, 11) is -6.86. The van der Waals surface area contributed by atoms with Crippen molar-refractivity contribution >= 4 is 41.9 Å². The Morgan fingerprint density at radius 3 is 1.50 bits per heavy atom. The van der Waals surface area contributed by atoms with Gasteiger partial charge in [-0.15, -0.1) is 0 Å². The predicted molar refractivity (Wildman–Crippen MR) is 77.9 cm³/mol. The molecule has 2 aromatic heterocycles. The van der Waals surface area contributed by atoms with Gasteiger partial charge in [-0.3, -0.25) is 0 Å². The topological polar surface area (TPSA) is 78.1 Å². The molecule has 0 N–H and O–H groups in total. The molecule has 3 aromatic rings. The molecule has 0 bridgehead atoms. The highest BCUT2D eigenvalue weighted by atomic mass is 32.2. The fraction of sp³-hybridized carbons (Fsp3) is 0.167. The van der Waals surface area contributed by atoms with Crippen LogP contribution in [0.3, 0.4) is 0 Å². The van der Waals surface area contributed by atoms with Crippen molar-refractivity contribution in [3.05, 3.63) is 36.7 Å². The number of hydrogen-bond acceptors (Lipinski definition) is 4. The molecule has 20 heavy (non-hydrogen) atoms. The predicted octanol–water partition coefficient (Wildman–Crippen LogP) is 1.21. The van der Waals surface area contributed by atoms with Gasteiger partial charge < -0.3 is 0 Å². The molecular weight excluding hydrogens is 300 g/mol. The first-order valence-corrected chi connectivity index (χ1v) is 9.41. The van der Waals surface area contributed by atoms with Crippen LogP contribution < -0.4 is 0 Å². The fourth-order valence-corrected chi connectivity index (χ4v) is 3.89. The van der Waals surface area contributed by atoms with Crippen LogP contribution in [-0.2, 0) is 20.0 Å². The lowest BCUT2D eigenvalue weighted by atomic mass is 10.2. The summed E-state index contributed by atoms with van der Waals surface area (Å²) >= 11 is 0. The van der Waals surface area contributed by atoms with Crippen molar-refractivity contribution in [1.82, 2.24) is 7.94 Å². The van der Waals surface area contributed by atoms with E-state index in [0.717, 1.165) is 31.2 Å². The van der Waals surface area contributed by atoms with E-state index in [4.69, 9.17) is 0 Å². The number of hydrogen-bond donors (Lipinski definition) is 0. The summed E-state index contributed by atoms with van der Waals surface area (Å²) in [6, 6.07) is 6.72. The van der Waals surface area contributed by atoms with E-state index in [9.17, 15) is 16.8 Å². The van der Waals surface area contributed by atoms with Crippen molar-refractivity contribution in [2.45, 2.75) is 0 Å². The Balaban J connectivity index is 2.48. The van der Waals surface area contributed by atoms with E-state index in [1.807, 2.05) is 0 Å². The molecule has 0 aliphatic carbocycles. The highest BCUT2D eigenvalue weighted by Crippen LogP contribution is 2.26. The van der Waals surface area contributed by atoms with Crippen LogP contribution in [0.5, 0.6) is 0 Å². The SMILES string of the molecule is CS(=O)(=O)n1ccc2cc3ccn(S(C)(=O)=O)c3cc21. The lowest BCUT2D eigenvalue weighted by Gasteiger charge is -2.05. The third-order valence-electron chi connectivity index (χ3n) is 3.14. The van der Waals surface area contributed by atoms with Gasteiger partial charge in [0.15, 0.2) is 0 Å². The van der Waals surface area contributed by atoms with Crippen molar-refractivity contribution in [2.75, 3.05) is 12.5 Å². The number of benzene rings is 1. The Hall–Kier alpha value is -1.80. The summed E-state index contributed by atoms with van der Waals surface area (Å²) in [6.07, 6.45) is 5.13. The standard InChI is InChI=1S/C12H12N2O4S2/c1-19(15,16)13-5-3-9-7-10-4-6-14(20(2,17)18)12(10)8-11(9)13/h3-8H,1-2H3. The average molecular weight is 312 g/mol. The van der Waals surface area contributed by atoms with Gasteiger partial charge in [-0.25, -0.2) is 24.8 Å². The quantitative estimate of drug-likeness (QED) is 0.712. The first-order valence-electron chi connectivity index (χ1n) is 5.71. The van der Waals surface area contributed by atoms with Gasteiger partial charge in [0.1, 0.15) is 0 Å². The number of aromatic nitrogens is 2. The molecule has 106 valence electrons. The van der Waals surface area contributed by atoms with Gasteiger partial charge in [0.05, 0.1) is 23.5 Å². The molecule has 0 fully saturated rings. The van der Waals surface area contributed by atoms with Crippen LogP contribution in [0.4, 0.5) is 0 Å². The van der Waals surface area contributed by atoms with E-state index in [0.29, 0.717) is 11.0 Å². The smallest absolute Gasteiger partial charge is 0.236 e. The van der Waals surface area contributed by atoms with Gasteiger partial charge in [0.2, 0.25) is 20.0 Å². The van der Waals surface area contributed by atoms with Crippen molar-refractivity contribution in [3.63, 3.8) is 0 Å². The molecule has 8 heteroatoms. The summed E-state index contributed by atoms with van der Waals surface area (Å²) in [5.41, 5.74) is 0.923. The normalized spacial score (nSPS) is 13.3. The van der Waals surface area contributed by atoms with Crippen molar-refractivity contribution in [2.24, 2.45) is 0 Å². The molecule has 0 aliphatic rings. The summed E-state index contributed by atoms with van der Waals surface area (Å²) in [6.45, 7) is 0. The Labute approximate surface area is 116 Å². The minimum atomic E-state index is -3.43. The molecule has 2 heterocycles. The van der Waals surface area contributed by atoms with Crippen molar-refractivity contribution in [1.29, 1.82) is 0 Å². The van der Waals surface area contributed by atoms with Crippen LogP contribution in [-0.4, -0.2) is 37.3 Å². The minimum absolute atomic E-state index is 0.462. The van der Waals surface area contributed by atoms with Crippen molar-refractivity contribution in [3.8, 4) is 0 Å². The van der Waals surface area contributed by atoms with Gasteiger partial charge in [-0.2, -0.15) is 0 Å². The molecule has 0 saturated carbocycles. The van der Waals surface area contributed by atoms with Crippen LogP contribution in [0.1, 0.15) is 0 Å². The molecule has 3 rings (SSSR count). The average Bonchev–Trinajstić information content (AvgIpc) is 2.85. The van der Waals surface area contributed by atoms with E-state index < -0.39 is 20.0 Å². The lowest BCUT2D eigenvalue weighted by Crippen LogP contribution is -2.09. The number of rotatable bonds is 2. The van der Waals surface area contributed by atoms with Gasteiger partial charge in [0, 0.05) is 23.2 Å². The maximum absolute atomic E-state index is 11.7. The van der Waals surface area contributed by atoms with Gasteiger partial charge in [-0.1, -0.05) is 0 Å². The zero-order chi connectivity index (χ0) is 14.7. The zero-order valence-corrected chi connectivity index (χ0v) is 12.4. The van der Waals surface area contributed by atoms with Gasteiger partial charge in [-0.05, 0) is 24.3 Å². The van der Waals surface area contributed by atoms with Gasteiger partial charge in [0.25, 0.3) is 0 Å². The van der Waals surface area contributed by atoms with Crippen LogP contribution in [0.15, 0.2) is 36.7 Å². The maximum Gasteiger partial charge on any atom is 0.236 e. The summed E-state index contributed by atoms with van der Waals surface area (Å²) < 4.78 is 49.1. The maximum atomic E-state index is 11.7. The highest BCUT2D eigenvalue weighted by molar-refractivity contribution is 7.89. The van der Waals surface area contributed by atoms with Crippen LogP contribution in [0.2, 0.25) is 0 Å². The second-order valence-electron chi connectivity index (χ2n) is 4.72. The molecule has 0 amide bonds. The van der Waals surface area contributed by atoms with E-state index in [2.05, 4.69) is 0 Å². The first kappa shape index (κ1) is 13.2. The van der Waals surface area contributed by atoms with E-state index >= 15 is 0 Å². The summed E-state index contributed by atoms with van der Waals surface area (Å²) in [5, 5.41) is 1.49. The Morgan fingerprint density at radius 2 is 1.15 bits per heavy atom. The molecular formula is C12H12N2O4S2. The molecule has 6 nitrogen and oxygen atoms in total. The third kappa shape index (κ3) is 1.92. The highest BCUT2D eigenvalue weighted by Gasteiger charge is 2.14.